The lowest BCUT2D eigenvalue weighted by Crippen LogP contribution is -2.12. The summed E-state index contributed by atoms with van der Waals surface area (Å²) in [5.74, 6) is -0.810. The second-order valence-corrected chi connectivity index (χ2v) is 6.35. The van der Waals surface area contributed by atoms with Crippen LogP contribution in [0.2, 0.25) is 0 Å². The van der Waals surface area contributed by atoms with Crippen molar-refractivity contribution in [1.82, 2.24) is 0 Å². The van der Waals surface area contributed by atoms with Crippen LogP contribution < -0.4 is 5.32 Å². The highest BCUT2D eigenvalue weighted by atomic mass is 16.6. The van der Waals surface area contributed by atoms with E-state index >= 15 is 0 Å². The first kappa shape index (κ1) is 19.8. The molecule has 1 N–H and O–H groups in total. The van der Waals surface area contributed by atoms with E-state index < -0.39 is 10.9 Å². The summed E-state index contributed by atoms with van der Waals surface area (Å²) in [5.41, 5.74) is 2.48. The number of carbonyl (C=O) groups is 2. The Morgan fingerprint density at radius 3 is 2.24 bits per heavy atom. The minimum Gasteiger partial charge on any atom is -0.457 e. The molecule has 0 saturated heterocycles. The second kappa shape index (κ2) is 8.79. The molecule has 0 saturated carbocycles. The van der Waals surface area contributed by atoms with E-state index in [1.165, 1.54) is 18.2 Å². The maximum absolute atomic E-state index is 12.2. The number of hydrogen-bond donors (Lipinski definition) is 1. The molecule has 0 spiro atoms. The number of amides is 1. The van der Waals surface area contributed by atoms with Crippen LogP contribution in [-0.4, -0.2) is 16.8 Å². The Balaban J connectivity index is 1.58. The number of rotatable bonds is 6. The summed E-state index contributed by atoms with van der Waals surface area (Å²) < 4.78 is 5.26. The van der Waals surface area contributed by atoms with Crippen LogP contribution in [0.5, 0.6) is 0 Å². The number of nitro groups is 1. The van der Waals surface area contributed by atoms with Gasteiger partial charge in [0.1, 0.15) is 6.61 Å². The van der Waals surface area contributed by atoms with Gasteiger partial charge in [0.25, 0.3) is 11.6 Å². The lowest BCUT2D eigenvalue weighted by atomic mass is 10.1. The minimum atomic E-state index is -0.575. The molecule has 3 rings (SSSR count). The number of nitro benzene ring substituents is 1. The Morgan fingerprint density at radius 2 is 1.62 bits per heavy atom. The normalized spacial score (nSPS) is 10.2. The summed E-state index contributed by atoms with van der Waals surface area (Å²) in [7, 11) is 0. The molecule has 0 fully saturated rings. The quantitative estimate of drug-likeness (QED) is 0.379. The molecule has 7 nitrogen and oxygen atoms in total. The molecule has 0 heterocycles. The number of hydrogen-bond acceptors (Lipinski definition) is 5. The summed E-state index contributed by atoms with van der Waals surface area (Å²) in [4.78, 5) is 34.8. The number of esters is 1. The van der Waals surface area contributed by atoms with E-state index in [9.17, 15) is 19.7 Å². The van der Waals surface area contributed by atoms with Gasteiger partial charge in [-0.3, -0.25) is 14.9 Å². The monoisotopic (exact) mass is 390 g/mol. The number of carbonyl (C=O) groups excluding carboxylic acids is 2. The minimum absolute atomic E-state index is 0.0233. The van der Waals surface area contributed by atoms with Crippen LogP contribution in [0.3, 0.4) is 0 Å². The second-order valence-electron chi connectivity index (χ2n) is 6.35. The van der Waals surface area contributed by atoms with Gasteiger partial charge < -0.3 is 10.1 Å². The van der Waals surface area contributed by atoms with Crippen molar-refractivity contribution in [2.75, 3.05) is 5.32 Å². The summed E-state index contributed by atoms with van der Waals surface area (Å²) in [5, 5.41) is 13.6. The third-order valence-corrected chi connectivity index (χ3v) is 4.25. The Morgan fingerprint density at radius 1 is 0.966 bits per heavy atom. The summed E-state index contributed by atoms with van der Waals surface area (Å²) in [6, 6.07) is 19.9. The zero-order valence-corrected chi connectivity index (χ0v) is 15.6. The Bertz CT molecular complexity index is 1050. The van der Waals surface area contributed by atoms with E-state index in [0.29, 0.717) is 22.4 Å². The summed E-state index contributed by atoms with van der Waals surface area (Å²) >= 11 is 0. The van der Waals surface area contributed by atoms with Crippen LogP contribution in [0.4, 0.5) is 11.4 Å². The molecule has 0 bridgehead atoms. The summed E-state index contributed by atoms with van der Waals surface area (Å²) in [6.45, 7) is 1.59. The first-order valence-electron chi connectivity index (χ1n) is 8.81. The number of para-hydroxylation sites is 1. The third-order valence-electron chi connectivity index (χ3n) is 4.25. The molecule has 146 valence electrons. The van der Waals surface area contributed by atoms with Crippen LogP contribution in [0.25, 0.3) is 0 Å². The number of aryl methyl sites for hydroxylation is 1. The fourth-order valence-corrected chi connectivity index (χ4v) is 2.70. The van der Waals surface area contributed by atoms with E-state index in [4.69, 9.17) is 4.74 Å². The molecule has 3 aromatic carbocycles. The molecule has 0 aliphatic rings. The van der Waals surface area contributed by atoms with Crippen molar-refractivity contribution in [2.24, 2.45) is 0 Å². The van der Waals surface area contributed by atoms with Crippen LogP contribution in [0, 0.1) is 17.0 Å². The lowest BCUT2D eigenvalue weighted by Gasteiger charge is -2.08. The number of anilines is 1. The van der Waals surface area contributed by atoms with Gasteiger partial charge in [-0.15, -0.1) is 0 Å². The van der Waals surface area contributed by atoms with Gasteiger partial charge in [0.2, 0.25) is 0 Å². The molecule has 0 aliphatic heterocycles. The number of nitrogens with one attached hydrogen (secondary N) is 1. The average Bonchev–Trinajstić information content (AvgIpc) is 2.72. The molecule has 0 aromatic heterocycles. The smallest absolute Gasteiger partial charge is 0.338 e. The van der Waals surface area contributed by atoms with Crippen molar-refractivity contribution >= 4 is 23.3 Å². The van der Waals surface area contributed by atoms with E-state index in [2.05, 4.69) is 5.32 Å². The lowest BCUT2D eigenvalue weighted by molar-refractivity contribution is -0.385. The highest BCUT2D eigenvalue weighted by Crippen LogP contribution is 2.19. The van der Waals surface area contributed by atoms with Crippen LogP contribution in [0.15, 0.2) is 72.8 Å². The molecule has 3 aromatic rings. The molecule has 0 atom stereocenters. The molecular weight excluding hydrogens is 372 g/mol. The van der Waals surface area contributed by atoms with Crippen LogP contribution in [-0.2, 0) is 11.3 Å². The number of ether oxygens (including phenoxy) is 1. The van der Waals surface area contributed by atoms with E-state index in [0.717, 1.165) is 0 Å². The number of nitrogens with zero attached hydrogens (tertiary/aromatic N) is 1. The van der Waals surface area contributed by atoms with Gasteiger partial charge in [-0.2, -0.15) is 0 Å². The first-order valence-corrected chi connectivity index (χ1v) is 8.81. The Labute approximate surface area is 167 Å². The Hall–Kier alpha value is -4.00. The molecule has 29 heavy (non-hydrogen) atoms. The largest absolute Gasteiger partial charge is 0.457 e. The Kier molecular flexibility index (Phi) is 5.99. The summed E-state index contributed by atoms with van der Waals surface area (Å²) in [6.07, 6.45) is 0. The zero-order valence-electron chi connectivity index (χ0n) is 15.6. The SMILES string of the molecule is Cc1cc(C(=O)OCc2ccc(C(=O)Nc3ccccc3)cc2)ccc1[N+](=O)[O-]. The van der Waals surface area contributed by atoms with E-state index in [1.807, 2.05) is 18.2 Å². The molecule has 1 amide bonds. The maximum Gasteiger partial charge on any atom is 0.338 e. The van der Waals surface area contributed by atoms with Crippen molar-refractivity contribution in [1.29, 1.82) is 0 Å². The average molecular weight is 390 g/mol. The third kappa shape index (κ3) is 5.04. The van der Waals surface area contributed by atoms with Crippen LogP contribution in [0.1, 0.15) is 31.8 Å². The van der Waals surface area contributed by atoms with Crippen molar-refractivity contribution in [2.45, 2.75) is 13.5 Å². The fourth-order valence-electron chi connectivity index (χ4n) is 2.70. The molecular formula is C22H18N2O5. The van der Waals surface area contributed by atoms with Gasteiger partial charge in [-0.05, 0) is 48.9 Å². The highest BCUT2D eigenvalue weighted by Gasteiger charge is 2.15. The highest BCUT2D eigenvalue weighted by molar-refractivity contribution is 6.04. The van der Waals surface area contributed by atoms with Crippen molar-refractivity contribution in [3.8, 4) is 0 Å². The first-order chi connectivity index (χ1) is 13.9. The van der Waals surface area contributed by atoms with E-state index in [-0.39, 0.29) is 23.8 Å². The van der Waals surface area contributed by atoms with Crippen molar-refractivity contribution in [3.05, 3.63) is 105 Å². The molecule has 0 radical (unpaired) electrons. The van der Waals surface area contributed by atoms with Crippen LogP contribution >= 0.6 is 0 Å². The van der Waals surface area contributed by atoms with E-state index in [1.54, 1.807) is 43.3 Å². The zero-order chi connectivity index (χ0) is 20.8. The maximum atomic E-state index is 12.2. The predicted octanol–water partition coefficient (Wildman–Crippen LogP) is 4.51. The van der Waals surface area contributed by atoms with Crippen molar-refractivity contribution < 1.29 is 19.2 Å². The topological polar surface area (TPSA) is 98.5 Å². The predicted molar refractivity (Wildman–Crippen MR) is 108 cm³/mol. The van der Waals surface area contributed by atoms with Gasteiger partial charge >= 0.3 is 5.97 Å². The fraction of sp³-hybridized carbons (Fsp3) is 0.0909. The van der Waals surface area contributed by atoms with Crippen molar-refractivity contribution in [3.63, 3.8) is 0 Å². The molecule has 0 aliphatic carbocycles. The van der Waals surface area contributed by atoms with Gasteiger partial charge in [0, 0.05) is 22.9 Å². The van der Waals surface area contributed by atoms with Gasteiger partial charge in [-0.25, -0.2) is 4.79 Å². The van der Waals surface area contributed by atoms with Gasteiger partial charge in [0.05, 0.1) is 10.5 Å². The standard InChI is InChI=1S/C22H18N2O5/c1-15-13-18(11-12-20(15)24(27)28)22(26)29-14-16-7-9-17(10-8-16)21(25)23-19-5-3-2-4-6-19/h2-13H,14H2,1H3,(H,23,25). The van der Waals surface area contributed by atoms with Gasteiger partial charge in [-0.1, -0.05) is 30.3 Å². The molecule has 0 unspecified atom stereocenters. The van der Waals surface area contributed by atoms with Gasteiger partial charge in [0.15, 0.2) is 0 Å². The number of benzene rings is 3. The molecule has 7 heteroatoms.